The highest BCUT2D eigenvalue weighted by atomic mass is 16.6. The van der Waals surface area contributed by atoms with E-state index in [9.17, 15) is 14.9 Å². The number of nitro groups is 1. The summed E-state index contributed by atoms with van der Waals surface area (Å²) < 4.78 is 10.5. The van der Waals surface area contributed by atoms with E-state index < -0.39 is 16.5 Å². The van der Waals surface area contributed by atoms with Crippen molar-refractivity contribution in [2.45, 2.75) is 0 Å². The van der Waals surface area contributed by atoms with E-state index in [4.69, 9.17) is 9.47 Å². The minimum absolute atomic E-state index is 0.126. The first-order valence-electron chi connectivity index (χ1n) is 7.87. The van der Waals surface area contributed by atoms with E-state index in [1.54, 1.807) is 36.4 Å². The predicted octanol–water partition coefficient (Wildman–Crippen LogP) is 2.34. The summed E-state index contributed by atoms with van der Waals surface area (Å²) in [5, 5.41) is 11.5. The minimum atomic E-state index is -0.714. The van der Waals surface area contributed by atoms with Gasteiger partial charge >= 0.3 is 11.6 Å². The molecule has 0 atom stereocenters. The first kappa shape index (κ1) is 18.5. The fraction of sp³-hybridized carbons (Fsp3) is 0.0588. The van der Waals surface area contributed by atoms with Crippen LogP contribution in [0.15, 0.2) is 55.0 Å². The average molecular weight is 382 g/mol. The molecule has 2 aromatic heterocycles. The summed E-state index contributed by atoms with van der Waals surface area (Å²) >= 11 is 0. The molecule has 11 nitrogen and oxygen atoms in total. The molecule has 11 heteroatoms. The fourth-order valence-electron chi connectivity index (χ4n) is 2.13. The van der Waals surface area contributed by atoms with Crippen LogP contribution >= 0.6 is 0 Å². The van der Waals surface area contributed by atoms with Crippen molar-refractivity contribution in [1.82, 2.24) is 20.4 Å². The summed E-state index contributed by atoms with van der Waals surface area (Å²) in [7, 11) is 1.52. The first-order chi connectivity index (χ1) is 13.6. The number of hydrogen-bond donors (Lipinski definition) is 2. The Hall–Kier alpha value is -4.28. The number of ether oxygens (including phenoxy) is 2. The lowest BCUT2D eigenvalue weighted by Gasteiger charge is -2.10. The van der Waals surface area contributed by atoms with Gasteiger partial charge in [0.05, 0.1) is 12.0 Å². The van der Waals surface area contributed by atoms with Gasteiger partial charge in [0.1, 0.15) is 23.5 Å². The summed E-state index contributed by atoms with van der Waals surface area (Å²) in [6.07, 6.45) is 2.52. The van der Waals surface area contributed by atoms with E-state index in [2.05, 4.69) is 25.8 Å². The molecule has 28 heavy (non-hydrogen) atoms. The van der Waals surface area contributed by atoms with Crippen molar-refractivity contribution in [3.05, 3.63) is 70.8 Å². The molecule has 0 unspecified atom stereocenters. The molecule has 0 aliphatic carbocycles. The number of benzene rings is 1. The van der Waals surface area contributed by atoms with Gasteiger partial charge in [-0.1, -0.05) is 6.07 Å². The zero-order chi connectivity index (χ0) is 19.9. The Labute approximate surface area is 158 Å². The topological polar surface area (TPSA) is 141 Å². The first-order valence-corrected chi connectivity index (χ1v) is 7.87. The Balaban J connectivity index is 1.80. The van der Waals surface area contributed by atoms with Gasteiger partial charge in [-0.3, -0.25) is 30.7 Å². The third-order valence-electron chi connectivity index (χ3n) is 3.44. The zero-order valence-electron chi connectivity index (χ0n) is 14.5. The molecule has 142 valence electrons. The second-order valence-corrected chi connectivity index (χ2v) is 5.20. The van der Waals surface area contributed by atoms with Crippen LogP contribution in [0.5, 0.6) is 17.4 Å². The molecule has 0 aliphatic heterocycles. The van der Waals surface area contributed by atoms with Crippen LogP contribution in [0.25, 0.3) is 0 Å². The van der Waals surface area contributed by atoms with Gasteiger partial charge in [0.2, 0.25) is 5.82 Å². The van der Waals surface area contributed by atoms with E-state index >= 15 is 0 Å². The molecule has 1 aromatic carbocycles. The van der Waals surface area contributed by atoms with Gasteiger partial charge in [0.15, 0.2) is 0 Å². The summed E-state index contributed by atoms with van der Waals surface area (Å²) in [5.74, 6) is -0.214. The molecule has 2 N–H and O–H groups in total. The third-order valence-corrected chi connectivity index (χ3v) is 3.44. The van der Waals surface area contributed by atoms with E-state index in [0.29, 0.717) is 11.5 Å². The van der Waals surface area contributed by atoms with Crippen LogP contribution in [0.1, 0.15) is 10.5 Å². The standard InChI is InChI=1S/C17H14N6O5/c1-27-11-5-7-12(8-6-11)28-17-14(23(25)26)15(19-10-20-17)21-22-16(24)13-4-2-3-9-18-13/h2-10H,1H3,(H,22,24)(H,19,20,21). The number of anilines is 1. The molecule has 0 spiro atoms. The quantitative estimate of drug-likeness (QED) is 0.465. The molecular weight excluding hydrogens is 368 g/mol. The predicted molar refractivity (Wildman–Crippen MR) is 97.1 cm³/mol. The number of hydrazine groups is 1. The van der Waals surface area contributed by atoms with Crippen LogP contribution in [-0.4, -0.2) is 32.9 Å². The normalized spacial score (nSPS) is 10.0. The summed E-state index contributed by atoms with van der Waals surface area (Å²) in [5.41, 5.74) is 4.29. The molecular formula is C17H14N6O5. The lowest BCUT2D eigenvalue weighted by molar-refractivity contribution is -0.385. The summed E-state index contributed by atoms with van der Waals surface area (Å²) in [4.78, 5) is 34.3. The van der Waals surface area contributed by atoms with Crippen LogP contribution < -0.4 is 20.3 Å². The second kappa shape index (κ2) is 8.40. The van der Waals surface area contributed by atoms with Crippen LogP contribution in [0.4, 0.5) is 11.5 Å². The van der Waals surface area contributed by atoms with E-state index in [-0.39, 0.29) is 17.4 Å². The molecule has 0 saturated heterocycles. The number of rotatable bonds is 7. The molecule has 0 radical (unpaired) electrons. The Morgan fingerprint density at radius 3 is 2.46 bits per heavy atom. The maximum atomic E-state index is 12.0. The number of nitrogens with one attached hydrogen (secondary N) is 2. The average Bonchev–Trinajstić information content (AvgIpc) is 2.73. The zero-order valence-corrected chi connectivity index (χ0v) is 14.5. The molecule has 3 rings (SSSR count). The molecule has 1 amide bonds. The van der Waals surface area contributed by atoms with E-state index in [0.717, 1.165) is 6.33 Å². The monoisotopic (exact) mass is 382 g/mol. The van der Waals surface area contributed by atoms with Gasteiger partial charge in [-0.15, -0.1) is 0 Å². The van der Waals surface area contributed by atoms with Crippen LogP contribution in [0, 0.1) is 10.1 Å². The number of amides is 1. The van der Waals surface area contributed by atoms with Gasteiger partial charge in [-0.2, -0.15) is 4.98 Å². The van der Waals surface area contributed by atoms with Gasteiger partial charge in [-0.05, 0) is 36.4 Å². The van der Waals surface area contributed by atoms with Crippen molar-refractivity contribution >= 4 is 17.4 Å². The van der Waals surface area contributed by atoms with Crippen molar-refractivity contribution in [3.8, 4) is 17.4 Å². The van der Waals surface area contributed by atoms with E-state index in [1.165, 1.54) is 19.4 Å². The third kappa shape index (κ3) is 4.27. The lowest BCUT2D eigenvalue weighted by atomic mass is 10.3. The highest BCUT2D eigenvalue weighted by molar-refractivity contribution is 5.93. The van der Waals surface area contributed by atoms with Crippen LogP contribution in [0.3, 0.4) is 0 Å². The van der Waals surface area contributed by atoms with Crippen molar-refractivity contribution in [2.24, 2.45) is 0 Å². The van der Waals surface area contributed by atoms with Gasteiger partial charge in [-0.25, -0.2) is 4.98 Å². The number of carbonyl (C=O) groups is 1. The maximum Gasteiger partial charge on any atom is 0.374 e. The minimum Gasteiger partial charge on any atom is -0.497 e. The molecule has 2 heterocycles. The van der Waals surface area contributed by atoms with E-state index in [1.807, 2.05) is 0 Å². The van der Waals surface area contributed by atoms with Crippen LogP contribution in [0.2, 0.25) is 0 Å². The van der Waals surface area contributed by atoms with Crippen molar-refractivity contribution < 1.29 is 19.2 Å². The van der Waals surface area contributed by atoms with Crippen LogP contribution in [-0.2, 0) is 0 Å². The number of aromatic nitrogens is 3. The molecule has 0 aliphatic rings. The highest BCUT2D eigenvalue weighted by Gasteiger charge is 2.25. The molecule has 0 bridgehead atoms. The van der Waals surface area contributed by atoms with Crippen molar-refractivity contribution in [1.29, 1.82) is 0 Å². The Bertz CT molecular complexity index is 981. The Morgan fingerprint density at radius 1 is 1.07 bits per heavy atom. The fourth-order valence-corrected chi connectivity index (χ4v) is 2.13. The Kier molecular flexibility index (Phi) is 5.55. The van der Waals surface area contributed by atoms with Gasteiger partial charge < -0.3 is 9.47 Å². The smallest absolute Gasteiger partial charge is 0.374 e. The summed E-state index contributed by atoms with van der Waals surface area (Å²) in [6, 6.07) is 11.2. The highest BCUT2D eigenvalue weighted by Crippen LogP contribution is 2.34. The SMILES string of the molecule is COc1ccc(Oc2ncnc(NNC(=O)c3ccccn3)c2[N+](=O)[O-])cc1. The summed E-state index contributed by atoms with van der Waals surface area (Å²) in [6.45, 7) is 0. The van der Waals surface area contributed by atoms with Crippen molar-refractivity contribution in [3.63, 3.8) is 0 Å². The lowest BCUT2D eigenvalue weighted by Crippen LogP contribution is -2.30. The number of hydrogen-bond acceptors (Lipinski definition) is 9. The number of pyridine rings is 1. The Morgan fingerprint density at radius 2 is 1.82 bits per heavy atom. The van der Waals surface area contributed by atoms with Crippen molar-refractivity contribution in [2.75, 3.05) is 12.5 Å². The van der Waals surface area contributed by atoms with Gasteiger partial charge in [0.25, 0.3) is 5.91 Å². The second-order valence-electron chi connectivity index (χ2n) is 5.20. The molecule has 0 saturated carbocycles. The molecule has 0 fully saturated rings. The maximum absolute atomic E-state index is 12.0. The number of carbonyl (C=O) groups excluding carboxylic acids is 1. The largest absolute Gasteiger partial charge is 0.497 e. The van der Waals surface area contributed by atoms with Gasteiger partial charge in [0, 0.05) is 6.20 Å². The molecule has 3 aromatic rings. The number of nitrogens with zero attached hydrogens (tertiary/aromatic N) is 4. The number of methoxy groups -OCH3 is 1.